The van der Waals surface area contributed by atoms with Crippen LogP contribution in [0.15, 0.2) is 16.7 Å². The lowest BCUT2D eigenvalue weighted by Gasteiger charge is -2.20. The number of phosphoric ester groups is 1. The minimum atomic E-state index is -4.49. The number of phosphoric acid groups is 1. The van der Waals surface area contributed by atoms with E-state index in [-0.39, 0.29) is 16.8 Å². The lowest BCUT2D eigenvalue weighted by molar-refractivity contribution is -0.137. The maximum Gasteiger partial charge on any atom is 0.475 e. The fraction of sp³-hybridized carbons (Fsp3) is 0.545. The van der Waals surface area contributed by atoms with Gasteiger partial charge in [-0.05, 0) is 35.8 Å². The zero-order valence-electron chi connectivity index (χ0n) is 11.5. The highest BCUT2D eigenvalue weighted by atomic mass is 79.9. The van der Waals surface area contributed by atoms with Gasteiger partial charge in [0.1, 0.15) is 6.10 Å². The molecule has 0 aliphatic heterocycles. The highest BCUT2D eigenvalue weighted by molar-refractivity contribution is 9.10. The van der Waals surface area contributed by atoms with E-state index in [1.165, 1.54) is 6.92 Å². The van der Waals surface area contributed by atoms with Crippen molar-refractivity contribution in [2.45, 2.75) is 26.1 Å². The van der Waals surface area contributed by atoms with Crippen molar-refractivity contribution >= 4 is 23.8 Å². The number of pyridine rings is 1. The number of hydrogen-bond donors (Lipinski definition) is 0. The monoisotopic (exact) mass is 391 g/mol. The smallest absolute Gasteiger partial charge is 0.290 e. The molecule has 0 aliphatic carbocycles. The molecule has 0 fully saturated rings. The standard InChI is InChI=1S/C11H14BrF3NO4P/c1-4-19-21(17,18-3)20-7(2)10-9(12)5-8(6-16-10)11(13,14)15/h5-7H,4H2,1-3H3. The van der Waals surface area contributed by atoms with Gasteiger partial charge in [0.2, 0.25) is 0 Å². The van der Waals surface area contributed by atoms with Crippen molar-refractivity contribution in [1.82, 2.24) is 4.98 Å². The SMILES string of the molecule is CCOP(=O)(OC)OC(C)c1ncc(C(F)(F)F)cc1Br. The number of nitrogens with zero attached hydrogens (tertiary/aromatic N) is 1. The van der Waals surface area contributed by atoms with Crippen LogP contribution in [0.3, 0.4) is 0 Å². The Morgan fingerprint density at radius 1 is 1.48 bits per heavy atom. The van der Waals surface area contributed by atoms with Gasteiger partial charge in [-0.15, -0.1) is 0 Å². The number of alkyl halides is 3. The fourth-order valence-corrected chi connectivity index (χ4v) is 3.16. The molecule has 0 bridgehead atoms. The minimum absolute atomic E-state index is 0.0870. The number of aromatic nitrogens is 1. The molecule has 0 saturated carbocycles. The van der Waals surface area contributed by atoms with Crippen molar-refractivity contribution in [1.29, 1.82) is 0 Å². The molecule has 0 aromatic carbocycles. The van der Waals surface area contributed by atoms with Crippen LogP contribution in [0.25, 0.3) is 0 Å². The quantitative estimate of drug-likeness (QED) is 0.656. The zero-order valence-corrected chi connectivity index (χ0v) is 14.0. The average molecular weight is 392 g/mol. The summed E-state index contributed by atoms with van der Waals surface area (Å²) in [4.78, 5) is 3.70. The third-order valence-electron chi connectivity index (χ3n) is 2.38. The van der Waals surface area contributed by atoms with Crippen molar-refractivity contribution in [3.8, 4) is 0 Å². The highest BCUT2D eigenvalue weighted by Gasteiger charge is 2.33. The first-order chi connectivity index (χ1) is 9.63. The summed E-state index contributed by atoms with van der Waals surface area (Å²) < 4.78 is 64.5. The van der Waals surface area contributed by atoms with Gasteiger partial charge in [-0.25, -0.2) is 4.57 Å². The lowest BCUT2D eigenvalue weighted by atomic mass is 10.2. The molecule has 5 nitrogen and oxygen atoms in total. The lowest BCUT2D eigenvalue weighted by Crippen LogP contribution is -2.09. The molecular weight excluding hydrogens is 378 g/mol. The van der Waals surface area contributed by atoms with Crippen LogP contribution < -0.4 is 0 Å². The van der Waals surface area contributed by atoms with Gasteiger partial charge in [0.15, 0.2) is 0 Å². The second-order valence-electron chi connectivity index (χ2n) is 3.88. The Morgan fingerprint density at radius 2 is 2.10 bits per heavy atom. The van der Waals surface area contributed by atoms with Crippen LogP contribution in [0.2, 0.25) is 0 Å². The second kappa shape index (κ2) is 7.19. The van der Waals surface area contributed by atoms with Crippen molar-refractivity contribution in [2.75, 3.05) is 13.7 Å². The molecule has 120 valence electrons. The summed E-state index contributed by atoms with van der Waals surface area (Å²) in [5, 5.41) is 0. The van der Waals surface area contributed by atoms with Gasteiger partial charge in [-0.1, -0.05) is 0 Å². The van der Waals surface area contributed by atoms with Crippen LogP contribution in [0, 0.1) is 0 Å². The average Bonchev–Trinajstić information content (AvgIpc) is 2.37. The molecule has 1 heterocycles. The van der Waals surface area contributed by atoms with Crippen LogP contribution in [0.5, 0.6) is 0 Å². The summed E-state index contributed by atoms with van der Waals surface area (Å²) in [6, 6.07) is 0.876. The molecule has 0 spiro atoms. The topological polar surface area (TPSA) is 57.7 Å². The maximum absolute atomic E-state index is 12.6. The Morgan fingerprint density at radius 3 is 2.52 bits per heavy atom. The predicted octanol–water partition coefficient (Wildman–Crippen LogP) is 4.73. The fourth-order valence-electron chi connectivity index (χ4n) is 1.43. The number of halogens is 4. The van der Waals surface area contributed by atoms with Crippen LogP contribution in [0.1, 0.15) is 31.2 Å². The van der Waals surface area contributed by atoms with E-state index in [4.69, 9.17) is 9.05 Å². The Hall–Kier alpha value is -0.470. The van der Waals surface area contributed by atoms with Crippen molar-refractivity contribution in [3.63, 3.8) is 0 Å². The largest absolute Gasteiger partial charge is 0.475 e. The first kappa shape index (κ1) is 18.6. The first-order valence-electron chi connectivity index (χ1n) is 5.84. The van der Waals surface area contributed by atoms with E-state index in [1.54, 1.807) is 6.92 Å². The molecule has 1 rings (SSSR count). The summed E-state index contributed by atoms with van der Waals surface area (Å²) in [7, 11) is -2.62. The third-order valence-corrected chi connectivity index (χ3v) is 4.61. The molecule has 0 N–H and O–H groups in total. The van der Waals surface area contributed by atoms with Gasteiger partial charge in [-0.2, -0.15) is 13.2 Å². The zero-order chi connectivity index (χ0) is 16.3. The Balaban J connectivity index is 2.98. The van der Waals surface area contributed by atoms with E-state index in [1.807, 2.05) is 0 Å². The molecular formula is C11H14BrF3NO4P. The molecule has 0 radical (unpaired) electrons. The molecule has 2 atom stereocenters. The van der Waals surface area contributed by atoms with E-state index in [9.17, 15) is 17.7 Å². The van der Waals surface area contributed by atoms with E-state index >= 15 is 0 Å². The molecule has 1 aromatic heterocycles. The van der Waals surface area contributed by atoms with Crippen LogP contribution in [-0.2, 0) is 24.3 Å². The summed E-state index contributed by atoms with van der Waals surface area (Å²) >= 11 is 2.99. The summed E-state index contributed by atoms with van der Waals surface area (Å²) in [5.41, 5.74) is -0.745. The van der Waals surface area contributed by atoms with E-state index < -0.39 is 25.7 Å². The Labute approximate surface area is 128 Å². The summed E-state index contributed by atoms with van der Waals surface area (Å²) in [6.45, 7) is 3.18. The molecule has 1 aromatic rings. The summed E-state index contributed by atoms with van der Waals surface area (Å²) in [6.07, 6.45) is -4.71. The highest BCUT2D eigenvalue weighted by Crippen LogP contribution is 2.52. The van der Waals surface area contributed by atoms with Gasteiger partial charge in [0.25, 0.3) is 0 Å². The van der Waals surface area contributed by atoms with Crippen LogP contribution in [-0.4, -0.2) is 18.7 Å². The normalized spacial score (nSPS) is 16.5. The first-order valence-corrected chi connectivity index (χ1v) is 8.09. The van der Waals surface area contributed by atoms with Gasteiger partial charge in [0, 0.05) is 17.8 Å². The van der Waals surface area contributed by atoms with Crippen molar-refractivity contribution in [2.24, 2.45) is 0 Å². The summed E-state index contributed by atoms with van der Waals surface area (Å²) in [5.74, 6) is 0. The predicted molar refractivity (Wildman–Crippen MR) is 72.7 cm³/mol. The molecule has 10 heteroatoms. The van der Waals surface area contributed by atoms with Gasteiger partial charge >= 0.3 is 14.0 Å². The van der Waals surface area contributed by atoms with Gasteiger partial charge in [0.05, 0.1) is 17.9 Å². The van der Waals surface area contributed by atoms with Crippen LogP contribution in [0.4, 0.5) is 13.2 Å². The molecule has 21 heavy (non-hydrogen) atoms. The minimum Gasteiger partial charge on any atom is -0.290 e. The van der Waals surface area contributed by atoms with Crippen LogP contribution >= 0.6 is 23.8 Å². The van der Waals surface area contributed by atoms with Crippen molar-refractivity contribution < 1.29 is 31.3 Å². The van der Waals surface area contributed by atoms with E-state index in [0.717, 1.165) is 13.2 Å². The molecule has 0 aliphatic rings. The molecule has 2 unspecified atom stereocenters. The number of rotatable bonds is 6. The van der Waals surface area contributed by atoms with E-state index in [2.05, 4.69) is 25.4 Å². The van der Waals surface area contributed by atoms with Gasteiger partial charge < -0.3 is 0 Å². The van der Waals surface area contributed by atoms with Gasteiger partial charge in [-0.3, -0.25) is 18.6 Å². The molecule has 0 amide bonds. The Kier molecular flexibility index (Phi) is 6.36. The Bertz CT molecular complexity index is 541. The second-order valence-corrected chi connectivity index (χ2v) is 6.47. The molecule has 0 saturated heterocycles. The van der Waals surface area contributed by atoms with E-state index in [0.29, 0.717) is 6.20 Å². The number of hydrogen-bond acceptors (Lipinski definition) is 5. The van der Waals surface area contributed by atoms with Crippen molar-refractivity contribution in [3.05, 3.63) is 28.0 Å². The maximum atomic E-state index is 12.6. The third kappa shape index (κ3) is 5.03.